The monoisotopic (exact) mass is 409 g/mol. The zero-order chi connectivity index (χ0) is 21.1. The van der Waals surface area contributed by atoms with Gasteiger partial charge in [-0.15, -0.1) is 0 Å². The van der Waals surface area contributed by atoms with E-state index in [-0.39, 0.29) is 36.5 Å². The van der Waals surface area contributed by atoms with Crippen LogP contribution in [0, 0.1) is 12.8 Å². The maximum absolute atomic E-state index is 13.2. The summed E-state index contributed by atoms with van der Waals surface area (Å²) in [5, 5.41) is 0. The molecule has 2 unspecified atom stereocenters. The average Bonchev–Trinajstić information content (AvgIpc) is 2.76. The Morgan fingerprint density at radius 1 is 1.07 bits per heavy atom. The number of fused-ring (bicyclic) bond motifs is 2. The second-order valence-corrected chi connectivity index (χ2v) is 8.01. The van der Waals surface area contributed by atoms with Gasteiger partial charge in [-0.3, -0.25) is 9.69 Å². The molecule has 2 bridgehead atoms. The van der Waals surface area contributed by atoms with Crippen molar-refractivity contribution in [1.29, 1.82) is 0 Å². The molecule has 2 aliphatic rings. The highest BCUT2D eigenvalue weighted by Crippen LogP contribution is 2.35. The lowest BCUT2D eigenvalue weighted by atomic mass is 9.80. The largest absolute Gasteiger partial charge is 0.497 e. The van der Waals surface area contributed by atoms with Crippen molar-refractivity contribution in [3.8, 4) is 5.75 Å². The predicted molar refractivity (Wildman–Crippen MR) is 112 cm³/mol. The molecule has 0 saturated carbocycles. The van der Waals surface area contributed by atoms with Crippen molar-refractivity contribution >= 4 is 11.9 Å². The van der Waals surface area contributed by atoms with E-state index in [2.05, 4.69) is 0 Å². The molecule has 0 spiro atoms. The molecule has 1 amide bonds. The molecule has 0 N–H and O–H groups in total. The van der Waals surface area contributed by atoms with E-state index in [4.69, 9.17) is 14.2 Å². The van der Waals surface area contributed by atoms with Gasteiger partial charge in [0.2, 0.25) is 0 Å². The van der Waals surface area contributed by atoms with Gasteiger partial charge in [-0.25, -0.2) is 4.79 Å². The summed E-state index contributed by atoms with van der Waals surface area (Å²) >= 11 is 0. The summed E-state index contributed by atoms with van der Waals surface area (Å²) in [6.07, 6.45) is 0.839. The molecule has 2 atom stereocenters. The molecule has 2 fully saturated rings. The normalized spacial score (nSPS) is 23.0. The van der Waals surface area contributed by atoms with E-state index in [0.717, 1.165) is 22.4 Å². The number of ketones is 1. The van der Waals surface area contributed by atoms with Crippen molar-refractivity contribution in [2.75, 3.05) is 20.3 Å². The van der Waals surface area contributed by atoms with Gasteiger partial charge in [-0.2, -0.15) is 0 Å². The van der Waals surface area contributed by atoms with Gasteiger partial charge in [0.1, 0.15) is 12.4 Å². The molecule has 2 saturated heterocycles. The van der Waals surface area contributed by atoms with E-state index in [9.17, 15) is 9.59 Å². The van der Waals surface area contributed by atoms with Crippen LogP contribution in [0.25, 0.3) is 0 Å². The van der Waals surface area contributed by atoms with Gasteiger partial charge in [-0.1, -0.05) is 30.3 Å². The topological polar surface area (TPSA) is 65.1 Å². The van der Waals surface area contributed by atoms with Crippen LogP contribution in [-0.2, 0) is 16.1 Å². The first-order valence-corrected chi connectivity index (χ1v) is 10.3. The number of ether oxygens (including phenoxy) is 3. The molecule has 158 valence electrons. The molecular weight excluding hydrogens is 382 g/mol. The SMILES string of the molecule is COc1ccc(C(=O)C2CC3COCC(C2)N3C(=O)OCc2ccccc2)c(C)c1. The lowest BCUT2D eigenvalue weighted by molar-refractivity contribution is -0.0755. The molecule has 6 heteroatoms. The summed E-state index contributed by atoms with van der Waals surface area (Å²) in [5.74, 6) is 0.740. The minimum atomic E-state index is -0.330. The summed E-state index contributed by atoms with van der Waals surface area (Å²) in [6, 6.07) is 14.9. The third kappa shape index (κ3) is 4.19. The van der Waals surface area contributed by atoms with Crippen LogP contribution < -0.4 is 4.74 Å². The zero-order valence-corrected chi connectivity index (χ0v) is 17.4. The summed E-state index contributed by atoms with van der Waals surface area (Å²) in [6.45, 7) is 3.03. The molecule has 0 aliphatic carbocycles. The number of Topliss-reactive ketones (excluding diaryl/α,β-unsaturated/α-hetero) is 1. The Morgan fingerprint density at radius 3 is 2.40 bits per heavy atom. The highest BCUT2D eigenvalue weighted by atomic mass is 16.6. The number of carbonyl (C=O) groups is 2. The number of hydrogen-bond donors (Lipinski definition) is 0. The number of piperidine rings is 1. The molecule has 4 rings (SSSR count). The van der Waals surface area contributed by atoms with Crippen molar-refractivity contribution in [3.63, 3.8) is 0 Å². The molecule has 0 aromatic heterocycles. The van der Waals surface area contributed by atoms with Crippen LogP contribution in [0.5, 0.6) is 5.75 Å². The molecule has 2 aromatic carbocycles. The number of aryl methyl sites for hydroxylation is 1. The van der Waals surface area contributed by atoms with Gasteiger partial charge in [-0.05, 0) is 49.1 Å². The van der Waals surface area contributed by atoms with Crippen LogP contribution in [-0.4, -0.2) is 49.2 Å². The second kappa shape index (κ2) is 8.88. The Hall–Kier alpha value is -2.86. The molecule has 2 aromatic rings. The number of amides is 1. The van der Waals surface area contributed by atoms with Gasteiger partial charge in [0.15, 0.2) is 5.78 Å². The van der Waals surface area contributed by atoms with E-state index in [1.807, 2.05) is 55.5 Å². The third-order valence-corrected chi connectivity index (χ3v) is 6.01. The number of rotatable bonds is 5. The third-order valence-electron chi connectivity index (χ3n) is 6.01. The number of benzene rings is 2. The fourth-order valence-corrected chi connectivity index (χ4v) is 4.48. The molecule has 2 heterocycles. The zero-order valence-electron chi connectivity index (χ0n) is 17.4. The smallest absolute Gasteiger partial charge is 0.410 e. The minimum absolute atomic E-state index is 0.129. The van der Waals surface area contributed by atoms with E-state index in [0.29, 0.717) is 26.1 Å². The first kappa shape index (κ1) is 20.4. The molecule has 30 heavy (non-hydrogen) atoms. The van der Waals surface area contributed by atoms with Crippen molar-refractivity contribution in [3.05, 3.63) is 65.2 Å². The van der Waals surface area contributed by atoms with Gasteiger partial charge >= 0.3 is 6.09 Å². The first-order valence-electron chi connectivity index (χ1n) is 10.3. The first-order chi connectivity index (χ1) is 14.6. The van der Waals surface area contributed by atoms with Crippen LogP contribution in [0.4, 0.5) is 4.79 Å². The Kier molecular flexibility index (Phi) is 6.04. The summed E-state index contributed by atoms with van der Waals surface area (Å²) in [4.78, 5) is 27.8. The van der Waals surface area contributed by atoms with Gasteiger partial charge in [0.25, 0.3) is 0 Å². The van der Waals surface area contributed by atoms with E-state index in [1.54, 1.807) is 12.0 Å². The van der Waals surface area contributed by atoms with Gasteiger partial charge in [0, 0.05) is 11.5 Å². The fraction of sp³-hybridized carbons (Fsp3) is 0.417. The number of methoxy groups -OCH3 is 1. The average molecular weight is 409 g/mol. The second-order valence-electron chi connectivity index (χ2n) is 8.01. The Balaban J connectivity index is 1.44. The molecule has 6 nitrogen and oxygen atoms in total. The van der Waals surface area contributed by atoms with Crippen molar-refractivity contribution < 1.29 is 23.8 Å². The molecule has 2 aliphatic heterocycles. The number of carbonyl (C=O) groups excluding carboxylic acids is 2. The maximum Gasteiger partial charge on any atom is 0.410 e. The predicted octanol–water partition coefficient (Wildman–Crippen LogP) is 4.00. The van der Waals surface area contributed by atoms with Crippen molar-refractivity contribution in [1.82, 2.24) is 4.90 Å². The van der Waals surface area contributed by atoms with E-state index in [1.165, 1.54) is 0 Å². The Morgan fingerprint density at radius 2 is 1.77 bits per heavy atom. The highest BCUT2D eigenvalue weighted by Gasteiger charge is 2.44. The van der Waals surface area contributed by atoms with Crippen molar-refractivity contribution in [2.24, 2.45) is 5.92 Å². The standard InChI is InChI=1S/C24H27NO5/c1-16-10-21(28-2)8-9-22(16)23(26)18-11-19-14-29-15-20(12-18)25(19)24(27)30-13-17-6-4-3-5-7-17/h3-10,18-20H,11-15H2,1-2H3. The van der Waals surface area contributed by atoms with Crippen molar-refractivity contribution in [2.45, 2.75) is 38.5 Å². The summed E-state index contributed by atoms with van der Waals surface area (Å²) in [7, 11) is 1.62. The Bertz CT molecular complexity index is 899. The van der Waals surface area contributed by atoms with Crippen LogP contribution in [0.3, 0.4) is 0 Å². The minimum Gasteiger partial charge on any atom is -0.497 e. The molecule has 0 radical (unpaired) electrons. The summed E-state index contributed by atoms with van der Waals surface area (Å²) < 4.78 is 16.5. The van der Waals surface area contributed by atoms with E-state index >= 15 is 0 Å². The van der Waals surface area contributed by atoms with Gasteiger partial charge in [0.05, 0.1) is 32.4 Å². The maximum atomic E-state index is 13.2. The van der Waals surface area contributed by atoms with Crippen LogP contribution in [0.2, 0.25) is 0 Å². The van der Waals surface area contributed by atoms with Gasteiger partial charge < -0.3 is 14.2 Å². The number of hydrogen-bond acceptors (Lipinski definition) is 5. The van der Waals surface area contributed by atoms with Crippen LogP contribution in [0.15, 0.2) is 48.5 Å². The van der Waals surface area contributed by atoms with Crippen LogP contribution >= 0.6 is 0 Å². The Labute approximate surface area is 176 Å². The number of nitrogens with zero attached hydrogens (tertiary/aromatic N) is 1. The lowest BCUT2D eigenvalue weighted by Crippen LogP contribution is -2.59. The summed E-state index contributed by atoms with van der Waals surface area (Å²) in [5.41, 5.74) is 2.58. The number of morpholine rings is 1. The quantitative estimate of drug-likeness (QED) is 0.699. The lowest BCUT2D eigenvalue weighted by Gasteiger charge is -2.47. The van der Waals surface area contributed by atoms with Crippen LogP contribution in [0.1, 0.15) is 34.3 Å². The highest BCUT2D eigenvalue weighted by molar-refractivity contribution is 5.99. The molecular formula is C24H27NO5. The van der Waals surface area contributed by atoms with E-state index < -0.39 is 0 Å². The fourth-order valence-electron chi connectivity index (χ4n) is 4.48.